The lowest BCUT2D eigenvalue weighted by atomic mass is 9.92. The molecule has 190 valence electrons. The Bertz CT molecular complexity index is 1380. The summed E-state index contributed by atoms with van der Waals surface area (Å²) in [7, 11) is -7.23. The maximum Gasteiger partial charge on any atom is 0.264 e. The quantitative estimate of drug-likeness (QED) is 0.263. The standard InChI is InChI=1S/C21H28N6O6S2/c1-34(28,29)26-16-8-6-15(7-9-16)24-21-22-11-10-20(25-21)27-18-4-2-5-19(17(18)14-23-27)33-12-3-13-35(30,31)32/h2,4-5,10-11,14-16,26H,3,6-9,12-13H2,1H3,(H,22,24,25)(H,30,31,32). The molecule has 3 N–H and O–H groups in total. The van der Waals surface area contributed by atoms with Crippen LogP contribution >= 0.6 is 0 Å². The molecular formula is C21H28N6O6S2. The molecule has 1 fully saturated rings. The molecule has 0 spiro atoms. The topological polar surface area (TPSA) is 165 Å². The van der Waals surface area contributed by atoms with E-state index in [1.54, 1.807) is 29.2 Å². The Balaban J connectivity index is 1.43. The van der Waals surface area contributed by atoms with Crippen molar-refractivity contribution >= 4 is 37.0 Å². The van der Waals surface area contributed by atoms with E-state index in [-0.39, 0.29) is 30.9 Å². The van der Waals surface area contributed by atoms with Gasteiger partial charge in [-0.05, 0) is 44.2 Å². The molecule has 0 bridgehead atoms. The van der Waals surface area contributed by atoms with Crippen LogP contribution in [0.4, 0.5) is 5.95 Å². The maximum atomic E-state index is 11.4. The van der Waals surface area contributed by atoms with Crippen LogP contribution in [0.5, 0.6) is 5.75 Å². The number of nitrogens with zero attached hydrogens (tertiary/aromatic N) is 4. The molecule has 2 heterocycles. The molecule has 12 nitrogen and oxygen atoms in total. The molecule has 0 unspecified atom stereocenters. The summed E-state index contributed by atoms with van der Waals surface area (Å²) in [5, 5.41) is 8.52. The number of ether oxygens (including phenoxy) is 1. The minimum absolute atomic E-state index is 0.0461. The first-order valence-electron chi connectivity index (χ1n) is 11.2. The summed E-state index contributed by atoms with van der Waals surface area (Å²) in [5.41, 5.74) is 0.759. The lowest BCUT2D eigenvalue weighted by Gasteiger charge is -2.29. The Labute approximate surface area is 203 Å². The van der Waals surface area contributed by atoms with Crippen molar-refractivity contribution in [1.82, 2.24) is 24.5 Å². The van der Waals surface area contributed by atoms with Crippen molar-refractivity contribution in [2.24, 2.45) is 0 Å². The van der Waals surface area contributed by atoms with Gasteiger partial charge < -0.3 is 10.1 Å². The second-order valence-corrected chi connectivity index (χ2v) is 11.9. The molecule has 4 rings (SSSR count). The number of nitrogens with one attached hydrogen (secondary N) is 2. The second-order valence-electron chi connectivity index (χ2n) is 8.55. The van der Waals surface area contributed by atoms with Crippen molar-refractivity contribution in [2.75, 3.05) is 23.9 Å². The molecule has 1 aromatic carbocycles. The first-order valence-corrected chi connectivity index (χ1v) is 14.7. The van der Waals surface area contributed by atoms with Crippen molar-refractivity contribution in [3.8, 4) is 11.6 Å². The van der Waals surface area contributed by atoms with Crippen LogP contribution in [0.25, 0.3) is 16.7 Å². The van der Waals surface area contributed by atoms with E-state index in [2.05, 4.69) is 25.1 Å². The third-order valence-electron chi connectivity index (χ3n) is 5.68. The summed E-state index contributed by atoms with van der Waals surface area (Å²) in [5.74, 6) is 1.21. The smallest absolute Gasteiger partial charge is 0.264 e. The molecule has 1 aliphatic rings. The minimum Gasteiger partial charge on any atom is -0.493 e. The van der Waals surface area contributed by atoms with E-state index in [0.717, 1.165) is 36.6 Å². The van der Waals surface area contributed by atoms with Gasteiger partial charge >= 0.3 is 0 Å². The zero-order valence-electron chi connectivity index (χ0n) is 19.2. The monoisotopic (exact) mass is 524 g/mol. The summed E-state index contributed by atoms with van der Waals surface area (Å²) < 4.78 is 63.5. The predicted octanol–water partition coefficient (Wildman–Crippen LogP) is 1.74. The number of benzene rings is 1. The largest absolute Gasteiger partial charge is 0.493 e. The molecule has 0 amide bonds. The van der Waals surface area contributed by atoms with Crippen molar-refractivity contribution in [3.63, 3.8) is 0 Å². The Morgan fingerprint density at radius 2 is 1.86 bits per heavy atom. The predicted molar refractivity (Wildman–Crippen MR) is 131 cm³/mol. The lowest BCUT2D eigenvalue weighted by Crippen LogP contribution is -2.39. The van der Waals surface area contributed by atoms with E-state index in [4.69, 9.17) is 9.29 Å². The van der Waals surface area contributed by atoms with Crippen LogP contribution < -0.4 is 14.8 Å². The van der Waals surface area contributed by atoms with E-state index in [9.17, 15) is 16.8 Å². The summed E-state index contributed by atoms with van der Waals surface area (Å²) in [4.78, 5) is 8.92. The number of aromatic nitrogens is 4. The molecule has 1 saturated carbocycles. The fourth-order valence-corrected chi connectivity index (χ4v) is 5.46. The van der Waals surface area contributed by atoms with E-state index in [0.29, 0.717) is 17.5 Å². The van der Waals surface area contributed by atoms with Crippen molar-refractivity contribution in [2.45, 2.75) is 44.2 Å². The van der Waals surface area contributed by atoms with Crippen LogP contribution in [0, 0.1) is 0 Å². The maximum absolute atomic E-state index is 11.4. The number of rotatable bonds is 10. The second kappa shape index (κ2) is 10.4. The highest BCUT2D eigenvalue weighted by Crippen LogP contribution is 2.27. The molecule has 0 saturated heterocycles. The Morgan fingerprint density at radius 3 is 2.57 bits per heavy atom. The van der Waals surface area contributed by atoms with Crippen LogP contribution in [0.1, 0.15) is 32.1 Å². The van der Waals surface area contributed by atoms with Crippen molar-refractivity contribution < 1.29 is 26.1 Å². The van der Waals surface area contributed by atoms with Crippen LogP contribution in [0.2, 0.25) is 0 Å². The SMILES string of the molecule is CS(=O)(=O)NC1CCC(Nc2nccc(-n3ncc4c(OCCCS(=O)(=O)O)cccc43)n2)CC1. The van der Waals surface area contributed by atoms with Gasteiger partial charge in [0, 0.05) is 24.3 Å². The Morgan fingerprint density at radius 1 is 1.11 bits per heavy atom. The molecule has 35 heavy (non-hydrogen) atoms. The average Bonchev–Trinajstić information content (AvgIpc) is 3.22. The molecule has 2 aromatic heterocycles. The summed E-state index contributed by atoms with van der Waals surface area (Å²) in [6, 6.07) is 7.28. The number of sulfonamides is 1. The third kappa shape index (κ3) is 7.10. The normalized spacial score (nSPS) is 19.0. The lowest BCUT2D eigenvalue weighted by molar-refractivity contribution is 0.319. The molecule has 3 aromatic rings. The van der Waals surface area contributed by atoms with Crippen LogP contribution in [0.15, 0.2) is 36.7 Å². The highest BCUT2D eigenvalue weighted by atomic mass is 32.2. The van der Waals surface area contributed by atoms with Gasteiger partial charge in [0.2, 0.25) is 16.0 Å². The minimum atomic E-state index is -4.02. The van der Waals surface area contributed by atoms with Gasteiger partial charge in [0.15, 0.2) is 5.82 Å². The molecule has 14 heteroatoms. The third-order valence-corrected chi connectivity index (χ3v) is 7.24. The zero-order valence-corrected chi connectivity index (χ0v) is 20.8. The number of hydrogen-bond acceptors (Lipinski definition) is 9. The summed E-state index contributed by atoms with van der Waals surface area (Å²) in [6.45, 7) is 0.133. The number of anilines is 1. The van der Waals surface area contributed by atoms with E-state index in [1.165, 1.54) is 6.26 Å². The van der Waals surface area contributed by atoms with E-state index in [1.807, 2.05) is 12.1 Å². The molecule has 0 aliphatic heterocycles. The van der Waals surface area contributed by atoms with Gasteiger partial charge in [-0.3, -0.25) is 4.55 Å². The summed E-state index contributed by atoms with van der Waals surface area (Å²) in [6.07, 6.45) is 7.70. The van der Waals surface area contributed by atoms with Gasteiger partial charge in [-0.15, -0.1) is 0 Å². The van der Waals surface area contributed by atoms with Gasteiger partial charge in [0.05, 0.1) is 35.7 Å². The van der Waals surface area contributed by atoms with Crippen LogP contribution in [-0.4, -0.2) is 71.8 Å². The highest BCUT2D eigenvalue weighted by molar-refractivity contribution is 7.88. The number of fused-ring (bicyclic) bond motifs is 1. The van der Waals surface area contributed by atoms with Crippen LogP contribution in [0.3, 0.4) is 0 Å². The highest BCUT2D eigenvalue weighted by Gasteiger charge is 2.24. The zero-order chi connectivity index (χ0) is 25.1. The van der Waals surface area contributed by atoms with Crippen molar-refractivity contribution in [3.05, 3.63) is 36.7 Å². The van der Waals surface area contributed by atoms with Crippen molar-refractivity contribution in [1.29, 1.82) is 0 Å². The Hall–Kier alpha value is -2.81. The van der Waals surface area contributed by atoms with Gasteiger partial charge in [-0.1, -0.05) is 6.07 Å². The first kappa shape index (κ1) is 25.3. The van der Waals surface area contributed by atoms with Gasteiger partial charge in [-0.2, -0.15) is 18.5 Å². The molecule has 0 radical (unpaired) electrons. The Kier molecular flexibility index (Phi) is 7.54. The van der Waals surface area contributed by atoms with E-state index >= 15 is 0 Å². The van der Waals surface area contributed by atoms with Gasteiger partial charge in [0.25, 0.3) is 10.1 Å². The molecule has 0 atom stereocenters. The van der Waals surface area contributed by atoms with Gasteiger partial charge in [0.1, 0.15) is 5.75 Å². The van der Waals surface area contributed by atoms with Crippen LogP contribution in [-0.2, 0) is 20.1 Å². The van der Waals surface area contributed by atoms with E-state index < -0.39 is 20.1 Å². The average molecular weight is 525 g/mol. The summed E-state index contributed by atoms with van der Waals surface area (Å²) >= 11 is 0. The molecular weight excluding hydrogens is 496 g/mol. The fourth-order valence-electron chi connectivity index (χ4n) is 4.13. The first-order chi connectivity index (χ1) is 16.6. The fraction of sp³-hybridized carbons (Fsp3) is 0.476. The van der Waals surface area contributed by atoms with Gasteiger partial charge in [-0.25, -0.2) is 22.8 Å². The number of hydrogen-bond donors (Lipinski definition) is 3. The molecule has 1 aliphatic carbocycles.